The van der Waals surface area contributed by atoms with Crippen LogP contribution >= 0.6 is 0 Å². The first-order valence-electron chi connectivity index (χ1n) is 6.09. The summed E-state index contributed by atoms with van der Waals surface area (Å²) in [5.41, 5.74) is 2.99. The Balaban J connectivity index is 2.23. The number of alkyl halides is 3. The summed E-state index contributed by atoms with van der Waals surface area (Å²) in [7, 11) is 0. The zero-order valence-electron chi connectivity index (χ0n) is 10.9. The molecule has 0 heterocycles. The summed E-state index contributed by atoms with van der Waals surface area (Å²) in [6.07, 6.45) is -5.45. The Morgan fingerprint density at radius 3 is 2.19 bits per heavy atom. The molecule has 2 aromatic rings. The number of benzene rings is 2. The molecule has 112 valence electrons. The topological polar surface area (TPSA) is 70.3 Å². The molecular weight excluding hydrogens is 283 g/mol. The van der Waals surface area contributed by atoms with E-state index < -0.39 is 18.0 Å². The van der Waals surface area contributed by atoms with Crippen LogP contribution in [0.2, 0.25) is 0 Å². The number of rotatable bonds is 4. The van der Waals surface area contributed by atoms with Crippen molar-refractivity contribution < 1.29 is 18.3 Å². The number of aliphatic hydroxyl groups is 1. The van der Waals surface area contributed by atoms with Gasteiger partial charge in [-0.1, -0.05) is 18.2 Å². The minimum absolute atomic E-state index is 0.472. The number of hydrogen-bond donors (Lipinski definition) is 4. The molecule has 0 aromatic heterocycles. The molecule has 1 atom stereocenters. The molecule has 21 heavy (non-hydrogen) atoms. The Bertz CT molecular complexity index is 599. The molecular formula is C14H14F3N3O. The fourth-order valence-corrected chi connectivity index (χ4v) is 1.84. The van der Waals surface area contributed by atoms with Gasteiger partial charge >= 0.3 is 6.18 Å². The third-order valence-corrected chi connectivity index (χ3v) is 2.90. The molecule has 0 amide bonds. The van der Waals surface area contributed by atoms with Crippen LogP contribution in [0.4, 0.5) is 24.5 Å². The lowest BCUT2D eigenvalue weighted by Crippen LogP contribution is -2.28. The number of aliphatic hydroxyl groups excluding tert-OH is 1. The molecule has 0 aliphatic rings. The average molecular weight is 297 g/mol. The van der Waals surface area contributed by atoms with Crippen LogP contribution in [-0.4, -0.2) is 5.11 Å². The minimum atomic E-state index is -4.36. The predicted octanol–water partition coefficient (Wildman–Crippen LogP) is 2.90. The van der Waals surface area contributed by atoms with Crippen molar-refractivity contribution in [1.82, 2.24) is 5.43 Å². The van der Waals surface area contributed by atoms with Crippen molar-refractivity contribution >= 4 is 11.4 Å². The van der Waals surface area contributed by atoms with E-state index in [1.54, 1.807) is 24.3 Å². The van der Waals surface area contributed by atoms with Gasteiger partial charge in [0, 0.05) is 16.9 Å². The highest BCUT2D eigenvalue weighted by atomic mass is 19.4. The molecule has 5 N–H and O–H groups in total. The molecule has 0 radical (unpaired) electrons. The first kappa shape index (κ1) is 15.3. The van der Waals surface area contributed by atoms with Gasteiger partial charge in [0.05, 0.1) is 5.56 Å². The van der Waals surface area contributed by atoms with Crippen LogP contribution in [0.1, 0.15) is 17.4 Å². The summed E-state index contributed by atoms with van der Waals surface area (Å²) in [5.74, 6) is 5.18. The molecule has 0 bridgehead atoms. The van der Waals surface area contributed by atoms with Gasteiger partial charge in [0.1, 0.15) is 6.23 Å². The second-order valence-electron chi connectivity index (χ2n) is 4.36. The first-order valence-corrected chi connectivity index (χ1v) is 6.09. The zero-order chi connectivity index (χ0) is 15.5. The highest BCUT2D eigenvalue weighted by molar-refractivity contribution is 5.63. The van der Waals surface area contributed by atoms with Crippen molar-refractivity contribution in [3.63, 3.8) is 0 Å². The van der Waals surface area contributed by atoms with E-state index in [1.165, 1.54) is 12.1 Å². The molecule has 4 nitrogen and oxygen atoms in total. The number of nitrogens with one attached hydrogen (secondary N) is 2. The largest absolute Gasteiger partial charge is 0.416 e. The lowest BCUT2D eigenvalue weighted by Gasteiger charge is -2.16. The highest BCUT2D eigenvalue weighted by Crippen LogP contribution is 2.31. The second-order valence-corrected chi connectivity index (χ2v) is 4.36. The molecule has 2 aromatic carbocycles. The van der Waals surface area contributed by atoms with E-state index in [2.05, 4.69) is 10.7 Å². The molecule has 0 aliphatic heterocycles. The predicted molar refractivity (Wildman–Crippen MR) is 73.5 cm³/mol. The van der Waals surface area contributed by atoms with Crippen LogP contribution in [0.3, 0.4) is 0 Å². The van der Waals surface area contributed by atoms with E-state index in [0.717, 1.165) is 12.1 Å². The van der Waals surface area contributed by atoms with E-state index in [4.69, 9.17) is 5.84 Å². The van der Waals surface area contributed by atoms with Gasteiger partial charge < -0.3 is 10.4 Å². The van der Waals surface area contributed by atoms with Gasteiger partial charge in [-0.05, 0) is 30.3 Å². The van der Waals surface area contributed by atoms with Crippen LogP contribution in [0.25, 0.3) is 0 Å². The first-order chi connectivity index (χ1) is 9.91. The van der Waals surface area contributed by atoms with Crippen LogP contribution < -0.4 is 16.6 Å². The fraction of sp³-hybridized carbons (Fsp3) is 0.143. The summed E-state index contributed by atoms with van der Waals surface area (Å²) < 4.78 is 37.5. The summed E-state index contributed by atoms with van der Waals surface area (Å²) >= 11 is 0. The number of nitrogens with two attached hydrogens (primary N) is 1. The Morgan fingerprint density at radius 2 is 1.62 bits per heavy atom. The molecule has 0 saturated heterocycles. The SMILES string of the molecule is NNC(O)c1ccccc1Nc1ccc(C(F)(F)F)cc1. The smallest absolute Gasteiger partial charge is 0.373 e. The molecule has 0 aliphatic carbocycles. The van der Waals surface area contributed by atoms with E-state index in [-0.39, 0.29) is 0 Å². The monoisotopic (exact) mass is 297 g/mol. The van der Waals surface area contributed by atoms with Gasteiger partial charge in [-0.25, -0.2) is 5.43 Å². The molecule has 0 saturated carbocycles. The normalized spacial score (nSPS) is 13.0. The molecule has 7 heteroatoms. The number of halogens is 3. The molecule has 2 rings (SSSR count). The van der Waals surface area contributed by atoms with Gasteiger partial charge in [0.2, 0.25) is 0 Å². The average Bonchev–Trinajstić information content (AvgIpc) is 2.46. The van der Waals surface area contributed by atoms with Crippen molar-refractivity contribution in [1.29, 1.82) is 0 Å². The number of hydrogen-bond acceptors (Lipinski definition) is 4. The van der Waals surface area contributed by atoms with Gasteiger partial charge in [-0.15, -0.1) is 0 Å². The van der Waals surface area contributed by atoms with Gasteiger partial charge in [-0.2, -0.15) is 13.2 Å². The van der Waals surface area contributed by atoms with Gasteiger partial charge in [0.25, 0.3) is 0 Å². The summed E-state index contributed by atoms with van der Waals surface area (Å²) in [4.78, 5) is 0. The Morgan fingerprint density at radius 1 is 1.00 bits per heavy atom. The summed E-state index contributed by atoms with van der Waals surface area (Å²) in [6.45, 7) is 0. The van der Waals surface area contributed by atoms with Crippen molar-refractivity contribution in [2.24, 2.45) is 5.84 Å². The molecule has 0 spiro atoms. The van der Waals surface area contributed by atoms with Crippen molar-refractivity contribution in [2.75, 3.05) is 5.32 Å². The Hall–Kier alpha value is -2.09. The Kier molecular flexibility index (Phi) is 4.46. The van der Waals surface area contributed by atoms with Crippen molar-refractivity contribution in [2.45, 2.75) is 12.4 Å². The lowest BCUT2D eigenvalue weighted by atomic mass is 10.1. The maximum atomic E-state index is 12.5. The summed E-state index contributed by atoms with van der Waals surface area (Å²) in [5, 5.41) is 12.7. The van der Waals surface area contributed by atoms with Gasteiger partial charge in [0.15, 0.2) is 0 Å². The second kappa shape index (κ2) is 6.13. The van der Waals surface area contributed by atoms with E-state index in [9.17, 15) is 18.3 Å². The van der Waals surface area contributed by atoms with Crippen LogP contribution in [-0.2, 0) is 6.18 Å². The Labute approximate surface area is 119 Å². The van der Waals surface area contributed by atoms with E-state index >= 15 is 0 Å². The highest BCUT2D eigenvalue weighted by Gasteiger charge is 2.29. The van der Waals surface area contributed by atoms with Crippen molar-refractivity contribution in [3.05, 3.63) is 59.7 Å². The maximum Gasteiger partial charge on any atom is 0.416 e. The molecule has 0 fully saturated rings. The quantitative estimate of drug-likeness (QED) is 0.398. The molecule has 1 unspecified atom stereocenters. The van der Waals surface area contributed by atoms with Crippen LogP contribution in [0.5, 0.6) is 0 Å². The number of para-hydroxylation sites is 1. The van der Waals surface area contributed by atoms with Crippen LogP contribution in [0, 0.1) is 0 Å². The standard InChI is InChI=1S/C14H14F3N3O/c15-14(16,17)9-5-7-10(8-6-9)19-12-4-2-1-3-11(12)13(21)20-18/h1-8,13,19-21H,18H2. The van der Waals surface area contributed by atoms with Crippen LogP contribution in [0.15, 0.2) is 48.5 Å². The fourth-order valence-electron chi connectivity index (χ4n) is 1.84. The third kappa shape index (κ3) is 3.72. The van der Waals surface area contributed by atoms with Gasteiger partial charge in [-0.3, -0.25) is 5.84 Å². The maximum absolute atomic E-state index is 12.5. The zero-order valence-corrected chi connectivity index (χ0v) is 10.9. The minimum Gasteiger partial charge on any atom is -0.373 e. The third-order valence-electron chi connectivity index (χ3n) is 2.90. The van der Waals surface area contributed by atoms with E-state index in [1.807, 2.05) is 0 Å². The van der Waals surface area contributed by atoms with Crippen molar-refractivity contribution in [3.8, 4) is 0 Å². The van der Waals surface area contributed by atoms with E-state index in [0.29, 0.717) is 16.9 Å². The summed E-state index contributed by atoms with van der Waals surface area (Å²) in [6, 6.07) is 11.4. The number of hydrazine groups is 1. The lowest BCUT2D eigenvalue weighted by molar-refractivity contribution is -0.137. The number of anilines is 2.